The standard InChI is InChI=1S/C21H21FN6O4/c1-23-19(29)16-9-11-8-12(4-6-15(11)32-16)25-21-24-10-13(22)18(28-21)26-14-5-7-17(30-2)27-20(14)31-3/h4-8,10,16H,9H2,1-3H3,(H,23,29)(H2,24,25,26,28). The highest BCUT2D eigenvalue weighted by atomic mass is 19.1. The molecule has 1 atom stereocenters. The maximum atomic E-state index is 14.4. The topological polar surface area (TPSA) is 120 Å². The summed E-state index contributed by atoms with van der Waals surface area (Å²) in [4.78, 5) is 24.2. The molecule has 166 valence electrons. The number of carbonyl (C=O) groups is 1. The highest BCUT2D eigenvalue weighted by molar-refractivity contribution is 5.82. The molecule has 1 aromatic carbocycles. The van der Waals surface area contributed by atoms with E-state index in [1.54, 1.807) is 31.3 Å². The van der Waals surface area contributed by atoms with Crippen LogP contribution in [0.3, 0.4) is 0 Å². The summed E-state index contributed by atoms with van der Waals surface area (Å²) in [6.45, 7) is 0. The van der Waals surface area contributed by atoms with Gasteiger partial charge in [-0.15, -0.1) is 0 Å². The molecule has 3 aromatic rings. The molecule has 1 aliphatic rings. The van der Waals surface area contributed by atoms with Crippen LogP contribution in [-0.4, -0.2) is 48.2 Å². The minimum Gasteiger partial charge on any atom is -0.481 e. The van der Waals surface area contributed by atoms with Crippen LogP contribution >= 0.6 is 0 Å². The Balaban J connectivity index is 1.53. The number of hydrogen-bond acceptors (Lipinski definition) is 9. The molecule has 3 heterocycles. The van der Waals surface area contributed by atoms with Gasteiger partial charge in [-0.2, -0.15) is 9.97 Å². The van der Waals surface area contributed by atoms with Gasteiger partial charge in [0, 0.05) is 30.8 Å². The first-order valence-electron chi connectivity index (χ1n) is 9.67. The van der Waals surface area contributed by atoms with E-state index in [1.165, 1.54) is 14.2 Å². The van der Waals surface area contributed by atoms with Crippen LogP contribution in [0.25, 0.3) is 0 Å². The molecule has 0 fully saturated rings. The van der Waals surface area contributed by atoms with Gasteiger partial charge in [-0.3, -0.25) is 4.79 Å². The average molecular weight is 440 g/mol. The maximum absolute atomic E-state index is 14.4. The van der Waals surface area contributed by atoms with Crippen LogP contribution in [0, 0.1) is 5.82 Å². The van der Waals surface area contributed by atoms with Gasteiger partial charge in [-0.05, 0) is 24.3 Å². The monoisotopic (exact) mass is 440 g/mol. The Morgan fingerprint density at radius 3 is 2.75 bits per heavy atom. The third-order valence-corrected chi connectivity index (χ3v) is 4.76. The molecule has 1 aliphatic heterocycles. The Morgan fingerprint density at radius 2 is 2.00 bits per heavy atom. The van der Waals surface area contributed by atoms with E-state index in [2.05, 4.69) is 30.9 Å². The predicted octanol–water partition coefficient (Wildman–Crippen LogP) is 2.56. The number of pyridine rings is 1. The summed E-state index contributed by atoms with van der Waals surface area (Å²) in [5, 5.41) is 8.48. The third-order valence-electron chi connectivity index (χ3n) is 4.76. The van der Waals surface area contributed by atoms with Crippen LogP contribution in [0.4, 0.5) is 27.5 Å². The summed E-state index contributed by atoms with van der Waals surface area (Å²) in [7, 11) is 4.50. The van der Waals surface area contributed by atoms with Gasteiger partial charge in [0.2, 0.25) is 17.7 Å². The molecular formula is C21H21FN6O4. The van der Waals surface area contributed by atoms with E-state index < -0.39 is 11.9 Å². The fraction of sp³-hybridized carbons (Fsp3) is 0.238. The molecule has 4 rings (SSSR count). The zero-order valence-corrected chi connectivity index (χ0v) is 17.6. The lowest BCUT2D eigenvalue weighted by molar-refractivity contribution is -0.126. The smallest absolute Gasteiger partial charge is 0.261 e. The summed E-state index contributed by atoms with van der Waals surface area (Å²) in [6, 6.07) is 8.62. The van der Waals surface area contributed by atoms with Gasteiger partial charge in [-0.25, -0.2) is 9.37 Å². The average Bonchev–Trinajstić information content (AvgIpc) is 3.24. The van der Waals surface area contributed by atoms with E-state index in [1.807, 2.05) is 6.07 Å². The second kappa shape index (κ2) is 8.92. The van der Waals surface area contributed by atoms with Crippen LogP contribution in [-0.2, 0) is 11.2 Å². The van der Waals surface area contributed by atoms with E-state index in [-0.39, 0.29) is 23.6 Å². The summed E-state index contributed by atoms with van der Waals surface area (Å²) in [5.74, 6) is 0.512. The molecule has 0 aliphatic carbocycles. The van der Waals surface area contributed by atoms with Crippen molar-refractivity contribution in [3.63, 3.8) is 0 Å². The molecule has 2 aromatic heterocycles. The van der Waals surface area contributed by atoms with Crippen LogP contribution in [0.5, 0.6) is 17.5 Å². The van der Waals surface area contributed by atoms with Gasteiger partial charge in [0.1, 0.15) is 11.4 Å². The van der Waals surface area contributed by atoms with E-state index in [9.17, 15) is 9.18 Å². The number of carbonyl (C=O) groups excluding carboxylic acids is 1. The molecule has 0 bridgehead atoms. The number of rotatable bonds is 7. The van der Waals surface area contributed by atoms with Crippen molar-refractivity contribution in [1.82, 2.24) is 20.3 Å². The van der Waals surface area contributed by atoms with E-state index in [4.69, 9.17) is 14.2 Å². The molecule has 1 unspecified atom stereocenters. The van der Waals surface area contributed by atoms with Crippen LogP contribution in [0.2, 0.25) is 0 Å². The summed E-state index contributed by atoms with van der Waals surface area (Å²) < 4.78 is 30.3. The Bertz CT molecular complexity index is 1160. The quantitative estimate of drug-likeness (QED) is 0.509. The number of fused-ring (bicyclic) bond motifs is 1. The third kappa shape index (κ3) is 4.31. The molecule has 0 saturated heterocycles. The molecular weight excluding hydrogens is 419 g/mol. The van der Waals surface area contributed by atoms with Crippen LogP contribution < -0.4 is 30.2 Å². The second-order valence-electron chi connectivity index (χ2n) is 6.80. The summed E-state index contributed by atoms with van der Waals surface area (Å²) >= 11 is 0. The lowest BCUT2D eigenvalue weighted by atomic mass is 10.1. The minimum absolute atomic E-state index is 0.0584. The zero-order chi connectivity index (χ0) is 22.7. The van der Waals surface area contributed by atoms with Crippen molar-refractivity contribution < 1.29 is 23.4 Å². The van der Waals surface area contributed by atoms with E-state index >= 15 is 0 Å². The van der Waals surface area contributed by atoms with E-state index in [0.717, 1.165) is 11.8 Å². The van der Waals surface area contributed by atoms with Gasteiger partial charge in [0.05, 0.1) is 20.4 Å². The van der Waals surface area contributed by atoms with Crippen molar-refractivity contribution in [2.45, 2.75) is 12.5 Å². The Morgan fingerprint density at radius 1 is 1.16 bits per heavy atom. The number of aromatic nitrogens is 3. The highest BCUT2D eigenvalue weighted by Crippen LogP contribution is 2.32. The fourth-order valence-electron chi connectivity index (χ4n) is 3.19. The molecule has 10 nitrogen and oxygen atoms in total. The Labute approximate surface area is 183 Å². The maximum Gasteiger partial charge on any atom is 0.261 e. The number of amides is 1. The first-order valence-corrected chi connectivity index (χ1v) is 9.67. The van der Waals surface area contributed by atoms with Gasteiger partial charge >= 0.3 is 0 Å². The first kappa shape index (κ1) is 21.1. The minimum atomic E-state index is -0.649. The van der Waals surface area contributed by atoms with Crippen LogP contribution in [0.15, 0.2) is 36.5 Å². The number of hydrogen-bond donors (Lipinski definition) is 3. The van der Waals surface area contributed by atoms with E-state index in [0.29, 0.717) is 29.4 Å². The molecule has 3 N–H and O–H groups in total. The molecule has 0 saturated carbocycles. The number of likely N-dealkylation sites (N-methyl/N-ethyl adjacent to an activating group) is 1. The fourth-order valence-corrected chi connectivity index (χ4v) is 3.19. The number of benzene rings is 1. The number of ether oxygens (including phenoxy) is 3. The van der Waals surface area contributed by atoms with Gasteiger partial charge in [0.15, 0.2) is 17.7 Å². The van der Waals surface area contributed by atoms with Crippen LogP contribution in [0.1, 0.15) is 5.56 Å². The second-order valence-corrected chi connectivity index (χ2v) is 6.80. The number of nitrogens with one attached hydrogen (secondary N) is 3. The molecule has 11 heteroatoms. The normalized spacial score (nSPS) is 14.2. The lowest BCUT2D eigenvalue weighted by Crippen LogP contribution is -2.34. The van der Waals surface area contributed by atoms with Gasteiger partial charge < -0.3 is 30.2 Å². The molecule has 1 amide bonds. The predicted molar refractivity (Wildman–Crippen MR) is 115 cm³/mol. The summed E-state index contributed by atoms with van der Waals surface area (Å²) in [5.41, 5.74) is 1.95. The van der Waals surface area contributed by atoms with Crippen molar-refractivity contribution in [3.8, 4) is 17.5 Å². The van der Waals surface area contributed by atoms with Crippen molar-refractivity contribution in [2.75, 3.05) is 31.9 Å². The largest absolute Gasteiger partial charge is 0.481 e. The van der Waals surface area contributed by atoms with Crippen molar-refractivity contribution in [2.24, 2.45) is 0 Å². The van der Waals surface area contributed by atoms with Crippen molar-refractivity contribution in [1.29, 1.82) is 0 Å². The molecule has 32 heavy (non-hydrogen) atoms. The highest BCUT2D eigenvalue weighted by Gasteiger charge is 2.28. The van der Waals surface area contributed by atoms with Crippen molar-refractivity contribution >= 4 is 29.0 Å². The zero-order valence-electron chi connectivity index (χ0n) is 17.6. The van der Waals surface area contributed by atoms with Gasteiger partial charge in [0.25, 0.3) is 5.91 Å². The Kier molecular flexibility index (Phi) is 5.88. The van der Waals surface area contributed by atoms with Gasteiger partial charge in [-0.1, -0.05) is 0 Å². The SMILES string of the molecule is CNC(=O)C1Cc2cc(Nc3ncc(F)c(Nc4ccc(OC)nc4OC)n3)ccc2O1. The number of anilines is 4. The summed E-state index contributed by atoms with van der Waals surface area (Å²) in [6.07, 6.45) is 0.946. The number of methoxy groups -OCH3 is 2. The number of halogens is 1. The first-order chi connectivity index (χ1) is 15.5. The number of nitrogens with zero attached hydrogens (tertiary/aromatic N) is 3. The Hall–Kier alpha value is -4.15. The molecule has 0 spiro atoms. The lowest BCUT2D eigenvalue weighted by Gasteiger charge is -2.12. The van der Waals surface area contributed by atoms with Crippen molar-refractivity contribution in [3.05, 3.63) is 47.9 Å². The molecule has 0 radical (unpaired) electrons.